The first kappa shape index (κ1) is 16.9. The second kappa shape index (κ2) is 6.50. The summed E-state index contributed by atoms with van der Waals surface area (Å²) in [6.07, 6.45) is 4.99. The minimum absolute atomic E-state index is 0.257. The smallest absolute Gasteiger partial charge is 0.149 e. The molecule has 4 nitrogen and oxygen atoms in total. The van der Waals surface area contributed by atoms with Crippen molar-refractivity contribution in [3.05, 3.63) is 24.3 Å². The van der Waals surface area contributed by atoms with Gasteiger partial charge in [-0.1, -0.05) is 52.3 Å². The highest BCUT2D eigenvalue weighted by molar-refractivity contribution is 6.04. The molecule has 3 rings (SSSR count). The molecule has 1 aliphatic heterocycles. The minimum atomic E-state index is 0.257. The molecule has 2 aromatic rings. The fourth-order valence-corrected chi connectivity index (χ4v) is 3.44. The molecule has 0 spiro atoms. The zero-order valence-electron chi connectivity index (χ0n) is 15.4. The minimum Gasteiger partial charge on any atom is -0.382 e. The summed E-state index contributed by atoms with van der Waals surface area (Å²) in [5.74, 6) is 0.613. The van der Waals surface area contributed by atoms with E-state index in [1.54, 1.807) is 0 Å². The predicted molar refractivity (Wildman–Crippen MR) is 105 cm³/mol. The van der Waals surface area contributed by atoms with Crippen LogP contribution in [0.3, 0.4) is 0 Å². The lowest BCUT2D eigenvalue weighted by Gasteiger charge is -2.35. The topological polar surface area (TPSA) is 54.2 Å². The van der Waals surface area contributed by atoms with Crippen molar-refractivity contribution >= 4 is 28.1 Å². The van der Waals surface area contributed by atoms with Crippen LogP contribution < -0.4 is 16.0 Å². The van der Waals surface area contributed by atoms with Crippen molar-refractivity contribution in [1.82, 2.24) is 4.98 Å². The number of hydrogen-bond donors (Lipinski definition) is 2. The highest BCUT2D eigenvalue weighted by Crippen LogP contribution is 2.45. The number of hydrogen-bond acceptors (Lipinski definition) is 4. The Hall–Kier alpha value is -1.97. The second-order valence-electron chi connectivity index (χ2n) is 7.69. The molecule has 1 aromatic heterocycles. The Morgan fingerprint density at radius 3 is 2.71 bits per heavy atom. The van der Waals surface area contributed by atoms with Gasteiger partial charge in [0.1, 0.15) is 11.5 Å². The van der Waals surface area contributed by atoms with E-state index in [2.05, 4.69) is 61.1 Å². The average Bonchev–Trinajstić information content (AvgIpc) is 2.92. The van der Waals surface area contributed by atoms with E-state index >= 15 is 0 Å². The summed E-state index contributed by atoms with van der Waals surface area (Å²) in [6.45, 7) is 10.2. The number of pyridine rings is 1. The van der Waals surface area contributed by atoms with Gasteiger partial charge in [0.25, 0.3) is 0 Å². The molecule has 1 atom stereocenters. The zero-order valence-corrected chi connectivity index (χ0v) is 15.4. The summed E-state index contributed by atoms with van der Waals surface area (Å²) in [4.78, 5) is 7.14. The van der Waals surface area contributed by atoms with Crippen LogP contribution in [0.4, 0.5) is 17.2 Å². The van der Waals surface area contributed by atoms with E-state index in [4.69, 9.17) is 5.73 Å². The quantitative estimate of drug-likeness (QED) is 0.784. The van der Waals surface area contributed by atoms with Crippen LogP contribution in [0.1, 0.15) is 53.4 Å². The normalized spacial score (nSPS) is 17.2. The highest BCUT2D eigenvalue weighted by atomic mass is 15.3. The van der Waals surface area contributed by atoms with Gasteiger partial charge in [-0.3, -0.25) is 0 Å². The molecule has 3 N–H and O–H groups in total. The number of nitrogens with one attached hydrogen (secondary N) is 1. The first-order valence-electron chi connectivity index (χ1n) is 9.18. The summed E-state index contributed by atoms with van der Waals surface area (Å²) in [7, 11) is 0. The third kappa shape index (κ3) is 3.02. The molecule has 0 aliphatic carbocycles. The van der Waals surface area contributed by atoms with Gasteiger partial charge in [-0.05, 0) is 30.7 Å². The van der Waals surface area contributed by atoms with Crippen molar-refractivity contribution in [1.29, 1.82) is 0 Å². The molecule has 0 radical (unpaired) electrons. The van der Waals surface area contributed by atoms with Crippen molar-refractivity contribution < 1.29 is 0 Å². The van der Waals surface area contributed by atoms with Gasteiger partial charge in [0.15, 0.2) is 0 Å². The molecule has 0 bridgehead atoms. The molecule has 0 fully saturated rings. The molecule has 4 heteroatoms. The van der Waals surface area contributed by atoms with E-state index in [0.717, 1.165) is 30.6 Å². The van der Waals surface area contributed by atoms with E-state index in [1.807, 2.05) is 6.07 Å². The number of rotatable bonds is 6. The number of para-hydroxylation sites is 1. The fourth-order valence-electron chi connectivity index (χ4n) is 3.44. The van der Waals surface area contributed by atoms with Crippen molar-refractivity contribution in [3.8, 4) is 0 Å². The van der Waals surface area contributed by atoms with Crippen LogP contribution in [0.15, 0.2) is 24.3 Å². The van der Waals surface area contributed by atoms with Gasteiger partial charge in [-0.25, -0.2) is 4.98 Å². The standard InChI is InChI=1S/C20H30N4/c1-5-7-12-16-23-17-18(24(16)13-20(3,4)6-2)14-10-8-9-11-15(14)22-19(17)21/h8-11,16,23H,5-7,12-13H2,1-4H3,(H2,21,22). The van der Waals surface area contributed by atoms with E-state index in [1.165, 1.54) is 23.9 Å². The van der Waals surface area contributed by atoms with E-state index in [-0.39, 0.29) is 5.41 Å². The third-order valence-electron chi connectivity index (χ3n) is 5.25. The number of fused-ring (bicyclic) bond motifs is 3. The molecular formula is C20H30N4. The van der Waals surface area contributed by atoms with E-state index < -0.39 is 0 Å². The van der Waals surface area contributed by atoms with Gasteiger partial charge in [-0.15, -0.1) is 0 Å². The van der Waals surface area contributed by atoms with Crippen molar-refractivity contribution in [2.24, 2.45) is 5.41 Å². The maximum atomic E-state index is 6.29. The first-order chi connectivity index (χ1) is 11.5. The largest absolute Gasteiger partial charge is 0.382 e. The predicted octanol–water partition coefficient (Wildman–Crippen LogP) is 5.00. The molecule has 0 saturated carbocycles. The molecule has 0 amide bonds. The molecular weight excluding hydrogens is 296 g/mol. The zero-order chi connectivity index (χ0) is 17.3. The van der Waals surface area contributed by atoms with E-state index in [9.17, 15) is 0 Å². The maximum Gasteiger partial charge on any atom is 0.149 e. The number of nitrogens with zero attached hydrogens (tertiary/aromatic N) is 2. The molecule has 2 heterocycles. The summed E-state index contributed by atoms with van der Waals surface area (Å²) in [6, 6.07) is 8.33. The van der Waals surface area contributed by atoms with Gasteiger partial charge in [0, 0.05) is 11.9 Å². The highest BCUT2D eigenvalue weighted by Gasteiger charge is 2.35. The summed E-state index contributed by atoms with van der Waals surface area (Å²) in [5, 5.41) is 4.86. The Morgan fingerprint density at radius 1 is 1.25 bits per heavy atom. The van der Waals surface area contributed by atoms with E-state index in [0.29, 0.717) is 12.0 Å². The lowest BCUT2D eigenvalue weighted by atomic mass is 9.89. The van der Waals surface area contributed by atoms with Gasteiger partial charge in [0.2, 0.25) is 0 Å². The molecule has 1 unspecified atom stereocenters. The SMILES string of the molecule is CCCCC1Nc2c(N)nc3ccccc3c2N1CC(C)(C)CC. The van der Waals surface area contributed by atoms with Crippen molar-refractivity contribution in [2.45, 2.75) is 59.5 Å². The Kier molecular flexibility index (Phi) is 4.57. The van der Waals surface area contributed by atoms with Gasteiger partial charge >= 0.3 is 0 Å². The Balaban J connectivity index is 2.10. The van der Waals surface area contributed by atoms with Gasteiger partial charge in [-0.2, -0.15) is 0 Å². The van der Waals surface area contributed by atoms with Crippen LogP contribution in [0, 0.1) is 5.41 Å². The number of nitrogens with two attached hydrogens (primary N) is 1. The van der Waals surface area contributed by atoms with Crippen LogP contribution in [-0.4, -0.2) is 17.7 Å². The van der Waals surface area contributed by atoms with Crippen LogP contribution >= 0.6 is 0 Å². The molecule has 1 aromatic carbocycles. The molecule has 1 aliphatic rings. The fraction of sp³-hybridized carbons (Fsp3) is 0.550. The molecule has 0 saturated heterocycles. The lowest BCUT2D eigenvalue weighted by Crippen LogP contribution is -2.41. The first-order valence-corrected chi connectivity index (χ1v) is 9.18. The van der Waals surface area contributed by atoms with Crippen LogP contribution in [-0.2, 0) is 0 Å². The Morgan fingerprint density at radius 2 is 2.00 bits per heavy atom. The number of aromatic nitrogens is 1. The van der Waals surface area contributed by atoms with Gasteiger partial charge < -0.3 is 16.0 Å². The third-order valence-corrected chi connectivity index (χ3v) is 5.25. The maximum absolute atomic E-state index is 6.29. The van der Waals surface area contributed by atoms with Crippen molar-refractivity contribution in [3.63, 3.8) is 0 Å². The summed E-state index contributed by atoms with van der Waals surface area (Å²) in [5.41, 5.74) is 9.77. The molecule has 24 heavy (non-hydrogen) atoms. The monoisotopic (exact) mass is 326 g/mol. The summed E-state index contributed by atoms with van der Waals surface area (Å²) >= 11 is 0. The summed E-state index contributed by atoms with van der Waals surface area (Å²) < 4.78 is 0. The van der Waals surface area contributed by atoms with Crippen LogP contribution in [0.5, 0.6) is 0 Å². The molecule has 130 valence electrons. The second-order valence-corrected chi connectivity index (χ2v) is 7.69. The van der Waals surface area contributed by atoms with Gasteiger partial charge in [0.05, 0.1) is 17.4 Å². The van der Waals surface area contributed by atoms with Crippen LogP contribution in [0.25, 0.3) is 10.9 Å². The average molecular weight is 326 g/mol. The Bertz CT molecular complexity index is 723. The number of anilines is 3. The van der Waals surface area contributed by atoms with Crippen LogP contribution in [0.2, 0.25) is 0 Å². The number of nitrogen functional groups attached to an aromatic ring is 1. The number of unbranched alkanes of at least 4 members (excludes halogenated alkanes) is 1. The Labute approximate surface area is 145 Å². The van der Waals surface area contributed by atoms with Crippen molar-refractivity contribution in [2.75, 3.05) is 22.5 Å². The lowest BCUT2D eigenvalue weighted by molar-refractivity contribution is 0.342. The number of benzene rings is 1.